The fraction of sp³-hybridized carbons (Fsp3) is 0.273. The molecule has 0 aliphatic carbocycles. The second-order valence-electron chi connectivity index (χ2n) is 7.46. The van der Waals surface area contributed by atoms with Crippen LogP contribution in [0.2, 0.25) is 5.02 Å². The van der Waals surface area contributed by atoms with Crippen molar-refractivity contribution in [3.63, 3.8) is 0 Å². The Morgan fingerprint density at radius 1 is 1.27 bits per heavy atom. The quantitative estimate of drug-likeness (QED) is 0.631. The Kier molecular flexibility index (Phi) is 5.83. The van der Waals surface area contributed by atoms with Crippen molar-refractivity contribution in [2.75, 3.05) is 13.1 Å². The highest BCUT2D eigenvalue weighted by Gasteiger charge is 2.25. The monoisotopic (exact) mass is 430 g/mol. The van der Waals surface area contributed by atoms with Gasteiger partial charge in [-0.15, -0.1) is 0 Å². The molecular weight excluding hydrogens is 410 g/mol. The number of H-pyrrole nitrogens is 1. The van der Waals surface area contributed by atoms with Crippen molar-refractivity contribution in [1.29, 1.82) is 0 Å². The SMILES string of the molecule is CC(=O)N[C@H]1CCN(Cc2[nH]c(-c3ccc(Cl)cc3)nc2-c2ccc(F)cc2F)C1. The Morgan fingerprint density at radius 3 is 2.73 bits per heavy atom. The number of carbonyl (C=O) groups excluding carboxylic acids is 1. The van der Waals surface area contributed by atoms with Crippen LogP contribution < -0.4 is 5.32 Å². The summed E-state index contributed by atoms with van der Waals surface area (Å²) in [4.78, 5) is 21.4. The van der Waals surface area contributed by atoms with E-state index in [1.54, 1.807) is 12.1 Å². The fourth-order valence-corrected chi connectivity index (χ4v) is 3.90. The van der Waals surface area contributed by atoms with Crippen LogP contribution in [0.3, 0.4) is 0 Å². The lowest BCUT2D eigenvalue weighted by Gasteiger charge is -2.16. The number of nitrogens with zero attached hydrogens (tertiary/aromatic N) is 2. The molecule has 0 bridgehead atoms. The molecule has 1 amide bonds. The van der Waals surface area contributed by atoms with E-state index in [4.69, 9.17) is 11.6 Å². The van der Waals surface area contributed by atoms with Crippen LogP contribution in [-0.2, 0) is 11.3 Å². The minimum absolute atomic E-state index is 0.0533. The zero-order valence-corrected chi connectivity index (χ0v) is 17.1. The van der Waals surface area contributed by atoms with Gasteiger partial charge >= 0.3 is 0 Å². The van der Waals surface area contributed by atoms with Gasteiger partial charge in [0.2, 0.25) is 5.91 Å². The van der Waals surface area contributed by atoms with Gasteiger partial charge in [-0.05, 0) is 42.8 Å². The molecule has 1 aliphatic heterocycles. The summed E-state index contributed by atoms with van der Waals surface area (Å²) in [6, 6.07) is 10.8. The molecule has 0 radical (unpaired) electrons. The number of imidazole rings is 1. The summed E-state index contributed by atoms with van der Waals surface area (Å²) >= 11 is 5.98. The normalized spacial score (nSPS) is 16.7. The molecular formula is C22H21ClF2N4O. The Labute approximate surface area is 178 Å². The summed E-state index contributed by atoms with van der Waals surface area (Å²) in [6.45, 7) is 3.50. The van der Waals surface area contributed by atoms with Crippen molar-refractivity contribution in [3.8, 4) is 22.6 Å². The van der Waals surface area contributed by atoms with Crippen LogP contribution in [0.5, 0.6) is 0 Å². The maximum absolute atomic E-state index is 14.5. The molecule has 156 valence electrons. The van der Waals surface area contributed by atoms with Crippen molar-refractivity contribution in [2.45, 2.75) is 25.9 Å². The average molecular weight is 431 g/mol. The van der Waals surface area contributed by atoms with Crippen LogP contribution in [0.15, 0.2) is 42.5 Å². The van der Waals surface area contributed by atoms with Gasteiger partial charge in [-0.3, -0.25) is 9.69 Å². The van der Waals surface area contributed by atoms with Crippen molar-refractivity contribution in [1.82, 2.24) is 20.2 Å². The fourth-order valence-electron chi connectivity index (χ4n) is 3.78. The molecule has 4 rings (SSSR count). The zero-order valence-electron chi connectivity index (χ0n) is 16.4. The third kappa shape index (κ3) is 4.52. The maximum atomic E-state index is 14.5. The molecule has 2 aromatic carbocycles. The summed E-state index contributed by atoms with van der Waals surface area (Å²) < 4.78 is 28.0. The van der Waals surface area contributed by atoms with E-state index < -0.39 is 11.6 Å². The molecule has 1 aliphatic rings. The van der Waals surface area contributed by atoms with Gasteiger partial charge in [0.05, 0.1) is 11.4 Å². The molecule has 5 nitrogen and oxygen atoms in total. The Morgan fingerprint density at radius 2 is 2.03 bits per heavy atom. The van der Waals surface area contributed by atoms with Gasteiger partial charge in [-0.1, -0.05) is 11.6 Å². The zero-order chi connectivity index (χ0) is 21.3. The first-order valence-electron chi connectivity index (χ1n) is 9.69. The maximum Gasteiger partial charge on any atom is 0.217 e. The topological polar surface area (TPSA) is 61.0 Å². The van der Waals surface area contributed by atoms with Crippen molar-refractivity contribution >= 4 is 17.5 Å². The number of carbonyl (C=O) groups is 1. The summed E-state index contributed by atoms with van der Waals surface area (Å²) in [7, 11) is 0. The van der Waals surface area contributed by atoms with E-state index in [0.29, 0.717) is 29.6 Å². The van der Waals surface area contributed by atoms with Gasteiger partial charge < -0.3 is 10.3 Å². The second-order valence-corrected chi connectivity index (χ2v) is 7.90. The van der Waals surface area contributed by atoms with Gasteiger partial charge in [-0.25, -0.2) is 13.8 Å². The smallest absolute Gasteiger partial charge is 0.217 e. The molecule has 2 heterocycles. The van der Waals surface area contributed by atoms with E-state index in [9.17, 15) is 13.6 Å². The van der Waals surface area contributed by atoms with Gasteiger partial charge in [-0.2, -0.15) is 0 Å². The minimum Gasteiger partial charge on any atom is -0.352 e. The largest absolute Gasteiger partial charge is 0.352 e. The Balaban J connectivity index is 1.67. The van der Waals surface area contributed by atoms with Crippen LogP contribution in [0, 0.1) is 11.6 Å². The number of aromatic amines is 1. The van der Waals surface area contributed by atoms with Crippen molar-refractivity contribution in [2.24, 2.45) is 0 Å². The number of likely N-dealkylation sites (tertiary alicyclic amines) is 1. The lowest BCUT2D eigenvalue weighted by molar-refractivity contribution is -0.119. The van der Waals surface area contributed by atoms with E-state index >= 15 is 0 Å². The predicted octanol–water partition coefficient (Wildman–Crippen LogP) is 4.39. The van der Waals surface area contributed by atoms with Crippen LogP contribution in [0.4, 0.5) is 8.78 Å². The lowest BCUT2D eigenvalue weighted by atomic mass is 10.1. The molecule has 30 heavy (non-hydrogen) atoms. The standard InChI is InChI=1S/C22H21ClF2N4O/c1-13(30)26-17-8-9-29(11-17)12-20-21(18-7-6-16(24)10-19(18)25)28-22(27-20)14-2-4-15(23)5-3-14/h2-7,10,17H,8-9,11-12H2,1H3,(H,26,30)(H,27,28)/t17-/m0/s1. The molecule has 1 fully saturated rings. The third-order valence-corrected chi connectivity index (χ3v) is 5.40. The third-order valence-electron chi connectivity index (χ3n) is 5.14. The van der Waals surface area contributed by atoms with Crippen molar-refractivity contribution in [3.05, 3.63) is 64.8 Å². The number of rotatable bonds is 5. The lowest BCUT2D eigenvalue weighted by Crippen LogP contribution is -2.35. The first kappa shape index (κ1) is 20.5. The van der Waals surface area contributed by atoms with Crippen LogP contribution in [0.25, 0.3) is 22.6 Å². The number of halogens is 3. The molecule has 1 aromatic heterocycles. The van der Waals surface area contributed by atoms with E-state index in [1.807, 2.05) is 12.1 Å². The number of amides is 1. The van der Waals surface area contributed by atoms with Gasteiger partial charge in [0, 0.05) is 54.8 Å². The van der Waals surface area contributed by atoms with Crippen LogP contribution in [-0.4, -0.2) is 39.9 Å². The molecule has 0 saturated carbocycles. The molecule has 0 unspecified atom stereocenters. The average Bonchev–Trinajstić information content (AvgIpc) is 3.29. The van der Waals surface area contributed by atoms with E-state index in [0.717, 1.165) is 30.3 Å². The molecule has 1 atom stereocenters. The first-order valence-corrected chi connectivity index (χ1v) is 10.1. The molecule has 0 spiro atoms. The number of nitrogens with one attached hydrogen (secondary N) is 2. The number of benzene rings is 2. The molecule has 1 saturated heterocycles. The molecule has 8 heteroatoms. The molecule has 3 aromatic rings. The number of hydrogen-bond acceptors (Lipinski definition) is 3. The van der Waals surface area contributed by atoms with E-state index in [1.165, 1.54) is 19.1 Å². The van der Waals surface area contributed by atoms with E-state index in [-0.39, 0.29) is 17.5 Å². The Hall–Kier alpha value is -2.77. The summed E-state index contributed by atoms with van der Waals surface area (Å²) in [5, 5.41) is 3.54. The van der Waals surface area contributed by atoms with Gasteiger partial charge in [0.1, 0.15) is 17.5 Å². The summed E-state index contributed by atoms with van der Waals surface area (Å²) in [5.74, 6) is -0.771. The number of aromatic nitrogens is 2. The predicted molar refractivity (Wildman–Crippen MR) is 112 cm³/mol. The highest BCUT2D eigenvalue weighted by molar-refractivity contribution is 6.30. The van der Waals surface area contributed by atoms with E-state index in [2.05, 4.69) is 20.2 Å². The van der Waals surface area contributed by atoms with Crippen LogP contribution >= 0.6 is 11.6 Å². The highest BCUT2D eigenvalue weighted by atomic mass is 35.5. The molecule has 2 N–H and O–H groups in total. The Bertz CT molecular complexity index is 1070. The summed E-state index contributed by atoms with van der Waals surface area (Å²) in [6.07, 6.45) is 0.845. The van der Waals surface area contributed by atoms with Crippen LogP contribution in [0.1, 0.15) is 19.0 Å². The van der Waals surface area contributed by atoms with Gasteiger partial charge in [0.25, 0.3) is 0 Å². The minimum atomic E-state index is -0.664. The van der Waals surface area contributed by atoms with Gasteiger partial charge in [0.15, 0.2) is 0 Å². The summed E-state index contributed by atoms with van der Waals surface area (Å²) in [5.41, 5.74) is 2.22. The second kappa shape index (κ2) is 8.53. The number of hydrogen-bond donors (Lipinski definition) is 2. The van der Waals surface area contributed by atoms with Crippen molar-refractivity contribution < 1.29 is 13.6 Å². The first-order chi connectivity index (χ1) is 14.4. The highest BCUT2D eigenvalue weighted by Crippen LogP contribution is 2.30.